The van der Waals surface area contributed by atoms with E-state index >= 15 is 0 Å². The van der Waals surface area contributed by atoms with Crippen LogP contribution in [-0.4, -0.2) is 33.0 Å². The molecule has 3 rings (SSSR count). The Hall–Kier alpha value is -2.32. The smallest absolute Gasteiger partial charge is 0.259 e. The Morgan fingerprint density at radius 1 is 1.19 bits per heavy atom. The third-order valence-corrected chi connectivity index (χ3v) is 5.20. The largest absolute Gasteiger partial charge is 0.351 e. The molecule has 0 atom stereocenters. The van der Waals surface area contributed by atoms with Crippen LogP contribution < -0.4 is 5.32 Å². The van der Waals surface area contributed by atoms with Crippen LogP contribution in [-0.2, 0) is 11.3 Å². The lowest BCUT2D eigenvalue weighted by Gasteiger charge is -2.06. The molecule has 0 aliphatic rings. The van der Waals surface area contributed by atoms with Gasteiger partial charge in [-0.3, -0.25) is 4.79 Å². The van der Waals surface area contributed by atoms with E-state index in [1.807, 2.05) is 30.5 Å². The van der Waals surface area contributed by atoms with Crippen LogP contribution >= 0.6 is 23.5 Å². The molecule has 134 valence electrons. The molecule has 1 N–H and O–H groups in total. The predicted octanol–water partition coefficient (Wildman–Crippen LogP) is 3.57. The molecule has 26 heavy (non-hydrogen) atoms. The maximum absolute atomic E-state index is 12.0. The zero-order valence-electron chi connectivity index (χ0n) is 14.4. The lowest BCUT2D eigenvalue weighted by atomic mass is 10.2. The minimum atomic E-state index is -0.0256. The molecular formula is C18H18N4O2S2. The highest BCUT2D eigenvalue weighted by molar-refractivity contribution is 7.99. The van der Waals surface area contributed by atoms with Gasteiger partial charge in [0.1, 0.15) is 0 Å². The van der Waals surface area contributed by atoms with Crippen molar-refractivity contribution in [2.75, 3.05) is 12.0 Å². The minimum absolute atomic E-state index is 0.0256. The van der Waals surface area contributed by atoms with Crippen LogP contribution in [0.4, 0.5) is 0 Å². The summed E-state index contributed by atoms with van der Waals surface area (Å²) in [6.45, 7) is 2.29. The zero-order chi connectivity index (χ0) is 18.4. The molecule has 0 aliphatic heterocycles. The van der Waals surface area contributed by atoms with Crippen molar-refractivity contribution in [3.05, 3.63) is 54.0 Å². The molecule has 2 heterocycles. The number of rotatable bonds is 7. The molecule has 2 aromatic heterocycles. The maximum atomic E-state index is 12.0. The second-order valence-electron chi connectivity index (χ2n) is 5.45. The number of aromatic nitrogens is 3. The minimum Gasteiger partial charge on any atom is -0.351 e. The molecule has 1 aromatic carbocycles. The van der Waals surface area contributed by atoms with E-state index in [0.29, 0.717) is 24.0 Å². The van der Waals surface area contributed by atoms with Gasteiger partial charge in [-0.25, -0.2) is 4.98 Å². The first-order valence-electron chi connectivity index (χ1n) is 7.93. The number of thioether (sulfide) groups is 2. The Labute approximate surface area is 160 Å². The van der Waals surface area contributed by atoms with Crippen molar-refractivity contribution in [2.24, 2.45) is 0 Å². The highest BCUT2D eigenvalue weighted by Gasteiger charge is 2.08. The summed E-state index contributed by atoms with van der Waals surface area (Å²) in [6.07, 6.45) is 3.71. The third-order valence-electron chi connectivity index (χ3n) is 3.51. The van der Waals surface area contributed by atoms with E-state index in [1.54, 1.807) is 24.9 Å². The fraction of sp³-hybridized carbons (Fsp3) is 0.222. The van der Waals surface area contributed by atoms with Crippen molar-refractivity contribution in [2.45, 2.75) is 23.4 Å². The monoisotopic (exact) mass is 386 g/mol. The zero-order valence-corrected chi connectivity index (χ0v) is 16.1. The average molecular weight is 387 g/mol. The Kier molecular flexibility index (Phi) is 6.30. The van der Waals surface area contributed by atoms with Gasteiger partial charge < -0.3 is 9.84 Å². The van der Waals surface area contributed by atoms with Crippen LogP contribution in [0.15, 0.2) is 57.0 Å². The normalized spacial score (nSPS) is 10.7. The molecule has 1 amide bonds. The number of nitrogens with one attached hydrogen (secondary N) is 1. The Morgan fingerprint density at radius 2 is 2.00 bits per heavy atom. The number of aryl methyl sites for hydroxylation is 1. The molecule has 0 fully saturated rings. The Balaban J connectivity index is 1.46. The van der Waals surface area contributed by atoms with Crippen LogP contribution in [0.25, 0.3) is 11.5 Å². The number of carbonyl (C=O) groups is 1. The van der Waals surface area contributed by atoms with E-state index in [2.05, 4.69) is 32.6 Å². The number of nitrogens with zero attached hydrogens (tertiary/aromatic N) is 3. The van der Waals surface area contributed by atoms with Crippen LogP contribution in [0.2, 0.25) is 0 Å². The second-order valence-corrected chi connectivity index (χ2v) is 7.32. The van der Waals surface area contributed by atoms with E-state index in [-0.39, 0.29) is 5.91 Å². The Bertz CT molecular complexity index is 864. The van der Waals surface area contributed by atoms with Crippen LogP contribution in [0.1, 0.15) is 11.4 Å². The molecule has 0 spiro atoms. The third kappa shape index (κ3) is 5.09. The number of hydrogen-bond acceptors (Lipinski definition) is 7. The standard InChI is InChI=1S/C18H18N4O2S2/c1-12-21-18(24-22-12)14-5-8-17(20-10-14)26-11-16(23)19-9-13-3-6-15(25-2)7-4-13/h3-8,10H,9,11H2,1-2H3,(H,19,23). The molecule has 0 aliphatic carbocycles. The van der Waals surface area contributed by atoms with Gasteiger partial charge in [0.05, 0.1) is 16.3 Å². The first-order valence-corrected chi connectivity index (χ1v) is 10.1. The van der Waals surface area contributed by atoms with Gasteiger partial charge in [-0.1, -0.05) is 29.1 Å². The van der Waals surface area contributed by atoms with E-state index in [0.717, 1.165) is 16.2 Å². The number of pyridine rings is 1. The predicted molar refractivity (Wildman–Crippen MR) is 103 cm³/mol. The molecule has 0 saturated heterocycles. The summed E-state index contributed by atoms with van der Waals surface area (Å²) in [5.74, 6) is 1.31. The van der Waals surface area contributed by atoms with Crippen LogP contribution in [0.3, 0.4) is 0 Å². The highest BCUT2D eigenvalue weighted by Crippen LogP contribution is 2.20. The molecule has 0 unspecified atom stereocenters. The summed E-state index contributed by atoms with van der Waals surface area (Å²) >= 11 is 3.08. The SMILES string of the molecule is CSc1ccc(CNC(=O)CSc2ccc(-c3nc(C)no3)cn2)cc1. The number of carbonyl (C=O) groups excluding carboxylic acids is 1. The quantitative estimate of drug-likeness (QED) is 0.622. The lowest BCUT2D eigenvalue weighted by Crippen LogP contribution is -2.24. The summed E-state index contributed by atoms with van der Waals surface area (Å²) in [5, 5.41) is 7.44. The van der Waals surface area contributed by atoms with E-state index in [1.165, 1.54) is 16.7 Å². The summed E-state index contributed by atoms with van der Waals surface area (Å²) in [4.78, 5) is 21.7. The maximum Gasteiger partial charge on any atom is 0.259 e. The fourth-order valence-corrected chi connectivity index (χ4v) is 3.22. The summed E-state index contributed by atoms with van der Waals surface area (Å²) < 4.78 is 5.10. The number of amides is 1. The van der Waals surface area contributed by atoms with Crippen molar-refractivity contribution in [3.63, 3.8) is 0 Å². The molecule has 6 nitrogen and oxygen atoms in total. The second kappa shape index (κ2) is 8.86. The average Bonchev–Trinajstić information content (AvgIpc) is 3.12. The van der Waals surface area contributed by atoms with Crippen molar-refractivity contribution < 1.29 is 9.32 Å². The van der Waals surface area contributed by atoms with Gasteiger partial charge in [0, 0.05) is 17.6 Å². The first-order chi connectivity index (χ1) is 12.6. The highest BCUT2D eigenvalue weighted by atomic mass is 32.2. The van der Waals surface area contributed by atoms with Crippen molar-refractivity contribution in [1.82, 2.24) is 20.4 Å². The van der Waals surface area contributed by atoms with Gasteiger partial charge in [-0.05, 0) is 43.0 Å². The molecule has 0 bridgehead atoms. The molecular weight excluding hydrogens is 368 g/mol. The van der Waals surface area contributed by atoms with Crippen LogP contribution in [0, 0.1) is 6.92 Å². The van der Waals surface area contributed by atoms with Gasteiger partial charge in [0.2, 0.25) is 5.91 Å². The van der Waals surface area contributed by atoms with Gasteiger partial charge in [0.25, 0.3) is 5.89 Å². The number of benzene rings is 1. The first kappa shape index (κ1) is 18.5. The van der Waals surface area contributed by atoms with Crippen LogP contribution in [0.5, 0.6) is 0 Å². The summed E-state index contributed by atoms with van der Waals surface area (Å²) in [5.41, 5.74) is 1.84. The molecule has 3 aromatic rings. The van der Waals surface area contributed by atoms with Gasteiger partial charge in [-0.15, -0.1) is 11.8 Å². The number of hydrogen-bond donors (Lipinski definition) is 1. The molecule has 8 heteroatoms. The van der Waals surface area contributed by atoms with Gasteiger partial charge >= 0.3 is 0 Å². The van der Waals surface area contributed by atoms with E-state index < -0.39 is 0 Å². The van der Waals surface area contributed by atoms with E-state index in [4.69, 9.17) is 4.52 Å². The van der Waals surface area contributed by atoms with Gasteiger partial charge in [-0.2, -0.15) is 4.98 Å². The Morgan fingerprint density at radius 3 is 2.62 bits per heavy atom. The van der Waals surface area contributed by atoms with E-state index in [9.17, 15) is 4.79 Å². The topological polar surface area (TPSA) is 80.9 Å². The van der Waals surface area contributed by atoms with Crippen molar-refractivity contribution >= 4 is 29.4 Å². The van der Waals surface area contributed by atoms with Crippen molar-refractivity contribution in [3.8, 4) is 11.5 Å². The summed E-state index contributed by atoms with van der Waals surface area (Å²) in [7, 11) is 0. The summed E-state index contributed by atoms with van der Waals surface area (Å²) in [6, 6.07) is 11.9. The fourth-order valence-electron chi connectivity index (χ4n) is 2.14. The van der Waals surface area contributed by atoms with Crippen molar-refractivity contribution in [1.29, 1.82) is 0 Å². The van der Waals surface area contributed by atoms with Gasteiger partial charge in [0.15, 0.2) is 5.82 Å². The lowest BCUT2D eigenvalue weighted by molar-refractivity contribution is -0.118. The molecule has 0 saturated carbocycles. The molecule has 0 radical (unpaired) electrons.